The third-order valence-corrected chi connectivity index (χ3v) is 4.41. The Hall–Kier alpha value is -0.990. The minimum atomic E-state index is 0. The SMILES string of the molecule is O/N=C(/C[N+]12CN3CN(CN(C3)C1)C2)c1ccccc1.[Br-]. The maximum absolute atomic E-state index is 9.42. The van der Waals surface area contributed by atoms with Crippen molar-refractivity contribution >= 4 is 5.71 Å². The molecule has 0 aliphatic carbocycles. The molecule has 0 amide bonds. The molecule has 4 saturated heterocycles. The summed E-state index contributed by atoms with van der Waals surface area (Å²) in [5, 5.41) is 13.0. The maximum atomic E-state index is 9.42. The Bertz CT molecular complexity index is 500. The molecule has 21 heavy (non-hydrogen) atoms. The molecule has 0 unspecified atom stereocenters. The first kappa shape index (κ1) is 14.9. The maximum Gasteiger partial charge on any atom is 0.141 e. The summed E-state index contributed by atoms with van der Waals surface area (Å²) in [4.78, 5) is 7.41. The molecule has 4 bridgehead atoms. The quantitative estimate of drug-likeness (QED) is 0.279. The minimum absolute atomic E-state index is 0. The number of hydrogen-bond donors (Lipinski definition) is 1. The van der Waals surface area contributed by atoms with Crippen LogP contribution in [0.5, 0.6) is 0 Å². The number of oxime groups is 1. The van der Waals surface area contributed by atoms with Crippen molar-refractivity contribution < 1.29 is 26.7 Å². The predicted molar refractivity (Wildman–Crippen MR) is 74.6 cm³/mol. The van der Waals surface area contributed by atoms with Gasteiger partial charge in [0.05, 0.1) is 20.0 Å². The topological polar surface area (TPSA) is 42.3 Å². The van der Waals surface area contributed by atoms with E-state index in [2.05, 4.69) is 19.9 Å². The monoisotopic (exact) mass is 353 g/mol. The van der Waals surface area contributed by atoms with Crippen molar-refractivity contribution in [2.45, 2.75) is 0 Å². The summed E-state index contributed by atoms with van der Waals surface area (Å²) < 4.78 is 0.953. The van der Waals surface area contributed by atoms with Crippen LogP contribution in [0.1, 0.15) is 5.56 Å². The number of hydrogen-bond acceptors (Lipinski definition) is 5. The van der Waals surface area contributed by atoms with Crippen molar-refractivity contribution in [3.05, 3.63) is 35.9 Å². The van der Waals surface area contributed by atoms with Crippen LogP contribution in [-0.4, -0.2) is 76.7 Å². The van der Waals surface area contributed by atoms with Gasteiger partial charge in [-0.05, 0) is 0 Å². The lowest BCUT2D eigenvalue weighted by molar-refractivity contribution is -0.972. The Morgan fingerprint density at radius 1 is 1.00 bits per heavy atom. The average Bonchev–Trinajstić information content (AvgIpc) is 2.44. The van der Waals surface area contributed by atoms with Gasteiger partial charge in [0.25, 0.3) is 0 Å². The molecule has 4 aliphatic heterocycles. The van der Waals surface area contributed by atoms with Crippen LogP contribution in [0.15, 0.2) is 35.5 Å². The average molecular weight is 354 g/mol. The summed E-state index contributed by atoms with van der Waals surface area (Å²) in [6.07, 6.45) is 0. The normalized spacial score (nSPS) is 37.3. The highest BCUT2D eigenvalue weighted by Crippen LogP contribution is 2.28. The Morgan fingerprint density at radius 2 is 1.52 bits per heavy atom. The number of quaternary nitrogens is 1. The molecule has 0 atom stereocenters. The molecule has 1 aromatic carbocycles. The molecule has 4 aliphatic rings. The zero-order valence-electron chi connectivity index (χ0n) is 11.9. The second-order valence-electron chi connectivity index (χ2n) is 6.27. The minimum Gasteiger partial charge on any atom is -1.00 e. The van der Waals surface area contributed by atoms with Crippen molar-refractivity contribution in [2.24, 2.45) is 5.16 Å². The van der Waals surface area contributed by atoms with E-state index in [4.69, 9.17) is 0 Å². The Morgan fingerprint density at radius 3 is 2.00 bits per heavy atom. The van der Waals surface area contributed by atoms with Gasteiger partial charge in [-0.3, -0.25) is 4.48 Å². The Balaban J connectivity index is 0.00000132. The molecule has 0 saturated carbocycles. The van der Waals surface area contributed by atoms with E-state index in [1.807, 2.05) is 30.3 Å². The van der Waals surface area contributed by atoms with E-state index < -0.39 is 0 Å². The number of rotatable bonds is 3. The molecule has 1 aromatic rings. The van der Waals surface area contributed by atoms with Crippen LogP contribution in [0.2, 0.25) is 0 Å². The van der Waals surface area contributed by atoms with E-state index >= 15 is 0 Å². The van der Waals surface area contributed by atoms with Crippen LogP contribution in [0.4, 0.5) is 0 Å². The van der Waals surface area contributed by atoms with Crippen LogP contribution < -0.4 is 17.0 Å². The lowest BCUT2D eigenvalue weighted by Crippen LogP contribution is -3.00. The molecule has 4 heterocycles. The zero-order valence-corrected chi connectivity index (χ0v) is 13.5. The van der Waals surface area contributed by atoms with Crippen LogP contribution in [-0.2, 0) is 0 Å². The fourth-order valence-electron chi connectivity index (χ4n) is 3.94. The smallest absolute Gasteiger partial charge is 0.141 e. The molecule has 114 valence electrons. The standard InChI is InChI=1S/C14H19N5O.BrH/c20-15-14(13-4-2-1-3-5-13)6-19-10-16-7-17(11-19)9-18(8-16)12-19;/h1-5H,6-12H2;1H/b15-14-;. The molecule has 1 N–H and O–H groups in total. The van der Waals surface area contributed by atoms with Gasteiger partial charge in [-0.15, -0.1) is 0 Å². The highest BCUT2D eigenvalue weighted by atomic mass is 79.9. The molecule has 4 fully saturated rings. The molecule has 6 nitrogen and oxygen atoms in total. The summed E-state index contributed by atoms with van der Waals surface area (Å²) in [7, 11) is 0. The number of benzene rings is 1. The molecular weight excluding hydrogens is 334 g/mol. The lowest BCUT2D eigenvalue weighted by atomic mass is 10.1. The third-order valence-electron chi connectivity index (χ3n) is 4.41. The van der Waals surface area contributed by atoms with E-state index in [1.165, 1.54) is 0 Å². The van der Waals surface area contributed by atoms with Crippen molar-refractivity contribution in [1.82, 2.24) is 14.7 Å². The summed E-state index contributed by atoms with van der Waals surface area (Å²) in [6.45, 7) is 7.18. The van der Waals surface area contributed by atoms with E-state index in [1.54, 1.807) is 0 Å². The van der Waals surface area contributed by atoms with Gasteiger partial charge in [-0.25, -0.2) is 14.7 Å². The van der Waals surface area contributed by atoms with Gasteiger partial charge in [-0.1, -0.05) is 35.5 Å². The van der Waals surface area contributed by atoms with Crippen LogP contribution in [0.3, 0.4) is 0 Å². The second-order valence-corrected chi connectivity index (χ2v) is 6.27. The van der Waals surface area contributed by atoms with Crippen molar-refractivity contribution in [3.63, 3.8) is 0 Å². The number of nitrogens with zero attached hydrogens (tertiary/aromatic N) is 5. The highest BCUT2D eigenvalue weighted by molar-refractivity contribution is 6.01. The van der Waals surface area contributed by atoms with Gasteiger partial charge in [0.1, 0.15) is 32.3 Å². The first-order valence-electron chi connectivity index (χ1n) is 7.05. The number of halogens is 1. The second kappa shape index (κ2) is 5.66. The largest absolute Gasteiger partial charge is 1.00 e. The Labute approximate surface area is 135 Å². The Kier molecular flexibility index (Phi) is 4.02. The summed E-state index contributed by atoms with van der Waals surface area (Å²) in [5.74, 6) is 0. The van der Waals surface area contributed by atoms with Gasteiger partial charge < -0.3 is 22.2 Å². The van der Waals surface area contributed by atoms with E-state index in [0.29, 0.717) is 0 Å². The fraction of sp³-hybridized carbons (Fsp3) is 0.500. The molecule has 0 spiro atoms. The molecule has 5 rings (SSSR count). The van der Waals surface area contributed by atoms with Gasteiger partial charge in [0, 0.05) is 5.56 Å². The highest BCUT2D eigenvalue weighted by Gasteiger charge is 2.49. The first-order valence-corrected chi connectivity index (χ1v) is 7.05. The zero-order chi connectivity index (χ0) is 13.6. The van der Waals surface area contributed by atoms with Gasteiger partial charge in [-0.2, -0.15) is 0 Å². The van der Waals surface area contributed by atoms with Gasteiger partial charge in [0.15, 0.2) is 0 Å². The van der Waals surface area contributed by atoms with Gasteiger partial charge in [0.2, 0.25) is 0 Å². The molecule has 7 heteroatoms. The third kappa shape index (κ3) is 2.72. The van der Waals surface area contributed by atoms with Crippen LogP contribution in [0, 0.1) is 0 Å². The summed E-state index contributed by atoms with van der Waals surface area (Å²) in [6, 6.07) is 10.00. The van der Waals surface area contributed by atoms with Crippen LogP contribution >= 0.6 is 0 Å². The van der Waals surface area contributed by atoms with Crippen molar-refractivity contribution in [3.8, 4) is 0 Å². The van der Waals surface area contributed by atoms with Crippen molar-refractivity contribution in [2.75, 3.05) is 46.6 Å². The van der Waals surface area contributed by atoms with Crippen LogP contribution in [0.25, 0.3) is 0 Å². The van der Waals surface area contributed by atoms with Gasteiger partial charge >= 0.3 is 0 Å². The molecular formula is C14H20BrN5O. The van der Waals surface area contributed by atoms with E-state index in [-0.39, 0.29) is 17.0 Å². The molecule has 0 aromatic heterocycles. The summed E-state index contributed by atoms with van der Waals surface area (Å²) >= 11 is 0. The first-order chi connectivity index (χ1) is 9.76. The lowest BCUT2D eigenvalue weighted by Gasteiger charge is -2.60. The van der Waals surface area contributed by atoms with E-state index in [0.717, 1.165) is 62.3 Å². The van der Waals surface area contributed by atoms with E-state index in [9.17, 15) is 5.21 Å². The molecule has 0 radical (unpaired) electrons. The predicted octanol–water partition coefficient (Wildman–Crippen LogP) is -2.62. The summed E-state index contributed by atoms with van der Waals surface area (Å²) in [5.41, 5.74) is 1.81. The fourth-order valence-corrected chi connectivity index (χ4v) is 3.94. The van der Waals surface area contributed by atoms with Crippen molar-refractivity contribution in [1.29, 1.82) is 0 Å².